The van der Waals surface area contributed by atoms with Gasteiger partial charge in [0.05, 0.1) is 16.4 Å². The Bertz CT molecular complexity index is 1460. The van der Waals surface area contributed by atoms with E-state index in [1.54, 1.807) is 9.34 Å². The normalized spacial score (nSPS) is 15.8. The minimum absolute atomic E-state index is 0.0229. The van der Waals surface area contributed by atoms with Gasteiger partial charge < -0.3 is 9.26 Å². The van der Waals surface area contributed by atoms with Crippen LogP contribution >= 0.6 is 7.67 Å². The number of halogens is 1. The summed E-state index contributed by atoms with van der Waals surface area (Å²) in [5.74, 6) is -0.398. The van der Waals surface area contributed by atoms with Crippen molar-refractivity contribution in [3.05, 3.63) is 88.2 Å². The van der Waals surface area contributed by atoms with Gasteiger partial charge in [0.15, 0.2) is 0 Å². The van der Waals surface area contributed by atoms with Gasteiger partial charge in [0.1, 0.15) is 11.6 Å². The van der Waals surface area contributed by atoms with Crippen LogP contribution in [0.1, 0.15) is 5.56 Å². The summed E-state index contributed by atoms with van der Waals surface area (Å²) in [6, 6.07) is 14.4. The molecule has 0 aliphatic carbocycles. The third kappa shape index (κ3) is 5.81. The Balaban J connectivity index is 1.31. The molecule has 0 aromatic heterocycles. The molecule has 0 bridgehead atoms. The lowest BCUT2D eigenvalue weighted by Gasteiger charge is -2.19. The summed E-state index contributed by atoms with van der Waals surface area (Å²) in [5, 5.41) is 11.5. The molecule has 5 rings (SSSR count). The van der Waals surface area contributed by atoms with Crippen molar-refractivity contribution in [1.29, 1.82) is 0 Å². The molecule has 0 atom stereocenters. The van der Waals surface area contributed by atoms with Gasteiger partial charge in [-0.15, -0.1) is 0 Å². The van der Waals surface area contributed by atoms with Crippen molar-refractivity contribution in [2.45, 2.75) is 11.5 Å². The van der Waals surface area contributed by atoms with Gasteiger partial charge in [-0.2, -0.15) is 0 Å². The van der Waals surface area contributed by atoms with Crippen LogP contribution in [-0.2, 0) is 25.7 Å². The fourth-order valence-electron chi connectivity index (χ4n) is 3.52. The molecule has 3 aromatic carbocycles. The maximum absolute atomic E-state index is 13.1. The average molecular weight is 548 g/mol. The zero-order valence-corrected chi connectivity index (χ0v) is 21.0. The number of anilines is 1. The fourth-order valence-corrected chi connectivity index (χ4v) is 6.77. The number of ether oxygens (including phenoxy) is 1. The second kappa shape index (κ2) is 9.84. The Morgan fingerprint density at radius 1 is 0.973 bits per heavy atom. The second-order valence-electron chi connectivity index (χ2n) is 8.42. The number of hydrogen-bond donors (Lipinski definition) is 1. The van der Waals surface area contributed by atoms with Gasteiger partial charge in [0.2, 0.25) is 5.75 Å². The highest BCUT2D eigenvalue weighted by Crippen LogP contribution is 2.61. The molecule has 14 heteroatoms. The van der Waals surface area contributed by atoms with E-state index in [1.807, 2.05) is 0 Å². The Morgan fingerprint density at radius 3 is 2.16 bits per heavy atom. The van der Waals surface area contributed by atoms with Crippen molar-refractivity contribution >= 4 is 29.1 Å². The summed E-state index contributed by atoms with van der Waals surface area (Å²) in [6.45, 7) is 2.78. The average Bonchev–Trinajstić information content (AvgIpc) is 3.77. The summed E-state index contributed by atoms with van der Waals surface area (Å²) in [6.07, 6.45) is 0. The van der Waals surface area contributed by atoms with E-state index < -0.39 is 28.4 Å². The van der Waals surface area contributed by atoms with Crippen molar-refractivity contribution in [3.63, 3.8) is 0 Å². The number of nitrogens with one attached hydrogen (secondary N) is 1. The maximum Gasteiger partial charge on any atom is 0.346 e. The molecule has 0 amide bonds. The summed E-state index contributed by atoms with van der Waals surface area (Å²) in [4.78, 5) is 10.9. The first-order valence-corrected chi connectivity index (χ1v) is 14.2. The molecule has 1 N–H and O–H groups in total. The van der Waals surface area contributed by atoms with Crippen LogP contribution in [0.4, 0.5) is 15.8 Å². The van der Waals surface area contributed by atoms with E-state index >= 15 is 0 Å². The van der Waals surface area contributed by atoms with Crippen LogP contribution in [0, 0.1) is 15.9 Å². The zero-order valence-electron chi connectivity index (χ0n) is 19.3. The third-order valence-corrected chi connectivity index (χ3v) is 9.73. The maximum atomic E-state index is 13.1. The lowest BCUT2D eigenvalue weighted by atomic mass is 10.2. The van der Waals surface area contributed by atoms with Gasteiger partial charge in [0.25, 0.3) is 10.0 Å². The topological polar surface area (TPSA) is 131 Å². The first-order valence-electron chi connectivity index (χ1n) is 11.2. The van der Waals surface area contributed by atoms with Crippen LogP contribution in [0.25, 0.3) is 0 Å². The molecule has 2 heterocycles. The largest absolute Gasteiger partial charge is 0.450 e. The third-order valence-electron chi connectivity index (χ3n) is 5.64. The predicted octanol–water partition coefficient (Wildman–Crippen LogP) is 4.58. The lowest BCUT2D eigenvalue weighted by Crippen LogP contribution is -2.12. The molecule has 11 nitrogen and oxygen atoms in total. The van der Waals surface area contributed by atoms with Gasteiger partial charge >= 0.3 is 13.4 Å². The lowest BCUT2D eigenvalue weighted by molar-refractivity contribution is -0.385. The first-order chi connectivity index (χ1) is 17.6. The quantitative estimate of drug-likeness (QED) is 0.158. The molecule has 2 fully saturated rings. The van der Waals surface area contributed by atoms with Gasteiger partial charge in [-0.25, -0.2) is 22.1 Å². The van der Waals surface area contributed by atoms with Crippen molar-refractivity contribution in [1.82, 2.24) is 9.34 Å². The predicted molar refractivity (Wildman–Crippen MR) is 132 cm³/mol. The van der Waals surface area contributed by atoms with Crippen molar-refractivity contribution in [2.75, 3.05) is 30.9 Å². The Morgan fingerprint density at radius 2 is 1.59 bits per heavy atom. The highest BCUT2D eigenvalue weighted by atomic mass is 32.2. The fraction of sp³-hybridized carbons (Fsp3) is 0.217. The van der Waals surface area contributed by atoms with Gasteiger partial charge in [-0.05, 0) is 66.2 Å². The van der Waals surface area contributed by atoms with E-state index in [2.05, 4.69) is 4.72 Å². The first kappa shape index (κ1) is 25.3. The van der Waals surface area contributed by atoms with Crippen molar-refractivity contribution in [2.24, 2.45) is 0 Å². The molecule has 2 aliphatic rings. The van der Waals surface area contributed by atoms with Crippen molar-refractivity contribution in [3.8, 4) is 11.5 Å². The van der Waals surface area contributed by atoms with E-state index in [1.165, 1.54) is 54.6 Å². The number of rotatable bonds is 11. The SMILES string of the molecule is O=[N+]([O-])c1ccc(COP(=O)(N2CC2)N2CC2)cc1Oc1ccc(S(=O)(=O)Nc2ccc(F)cc2)cc1. The van der Waals surface area contributed by atoms with Crippen LogP contribution in [0.5, 0.6) is 11.5 Å². The van der Waals surface area contributed by atoms with E-state index in [-0.39, 0.29) is 34.4 Å². The van der Waals surface area contributed by atoms with Gasteiger partial charge in [-0.1, -0.05) is 0 Å². The molecule has 0 saturated carbocycles. The molecular weight excluding hydrogens is 526 g/mol. The molecule has 0 radical (unpaired) electrons. The van der Waals surface area contributed by atoms with Gasteiger partial charge in [-0.3, -0.25) is 19.4 Å². The highest BCUT2D eigenvalue weighted by Gasteiger charge is 2.49. The summed E-state index contributed by atoms with van der Waals surface area (Å²) >= 11 is 0. The summed E-state index contributed by atoms with van der Waals surface area (Å²) < 4.78 is 68.8. The molecule has 37 heavy (non-hydrogen) atoms. The number of sulfonamides is 1. The standard InChI is InChI=1S/C23H22FN4O7PS/c24-18-2-4-19(5-3-18)25-37(32,33)21-8-6-20(7-9-21)35-23-15-17(1-10-22(23)28(29)30)16-34-36(31,26-11-12-26)27-13-14-27/h1-10,15,25H,11-14,16H2. The number of nitro groups is 1. The number of benzene rings is 3. The molecule has 2 aliphatic heterocycles. The molecular formula is C23H22FN4O7PS. The van der Waals surface area contributed by atoms with Crippen LogP contribution in [0.3, 0.4) is 0 Å². The Labute approximate surface area is 212 Å². The monoisotopic (exact) mass is 548 g/mol. The minimum Gasteiger partial charge on any atom is -0.450 e. The summed E-state index contributed by atoms with van der Waals surface area (Å²) in [5.41, 5.74) is 0.434. The number of nitrogens with zero attached hydrogens (tertiary/aromatic N) is 3. The molecule has 0 spiro atoms. The number of hydrogen-bond acceptors (Lipinski definition) is 7. The van der Waals surface area contributed by atoms with Crippen molar-refractivity contribution < 1.29 is 31.6 Å². The van der Waals surface area contributed by atoms with Crippen LogP contribution < -0.4 is 9.46 Å². The van der Waals surface area contributed by atoms with E-state index in [4.69, 9.17) is 9.26 Å². The van der Waals surface area contributed by atoms with Gasteiger partial charge in [0, 0.05) is 37.9 Å². The van der Waals surface area contributed by atoms with Crippen LogP contribution in [0.15, 0.2) is 71.6 Å². The van der Waals surface area contributed by atoms with Crippen LogP contribution in [0.2, 0.25) is 0 Å². The van der Waals surface area contributed by atoms with Crippen LogP contribution in [-0.4, -0.2) is 48.9 Å². The Hall–Kier alpha value is -3.35. The molecule has 2 saturated heterocycles. The second-order valence-corrected chi connectivity index (χ2v) is 12.5. The molecule has 0 unspecified atom stereocenters. The molecule has 3 aromatic rings. The highest BCUT2D eigenvalue weighted by molar-refractivity contribution is 7.92. The van der Waals surface area contributed by atoms with E-state index in [0.29, 0.717) is 31.7 Å². The summed E-state index contributed by atoms with van der Waals surface area (Å²) in [7, 11) is -7.01. The van der Waals surface area contributed by atoms with E-state index in [0.717, 1.165) is 12.1 Å². The minimum atomic E-state index is -3.96. The number of nitro benzene ring substituents is 1. The smallest absolute Gasteiger partial charge is 0.346 e. The van der Waals surface area contributed by atoms with E-state index in [9.17, 15) is 27.5 Å². The molecule has 194 valence electrons. The zero-order chi connectivity index (χ0) is 26.2. The Kier molecular flexibility index (Phi) is 6.73.